The molecule has 2 aromatic rings. The number of hydrogen-bond acceptors (Lipinski definition) is 5. The maximum atomic E-state index is 6.33. The fourth-order valence-corrected chi connectivity index (χ4v) is 3.71. The SMILES string of the molecule is CO[C@@H]1OC(C)[C@@H](OCc2ccccc2)C(N(C)C)C1OCc1ccccc1. The second kappa shape index (κ2) is 10.1. The third-order valence-corrected chi connectivity index (χ3v) is 5.15. The van der Waals surface area contributed by atoms with Crippen molar-refractivity contribution >= 4 is 0 Å². The molecule has 5 heteroatoms. The van der Waals surface area contributed by atoms with Crippen LogP contribution in [0.1, 0.15) is 18.1 Å². The molecule has 3 rings (SSSR count). The molecule has 1 aliphatic rings. The fourth-order valence-electron chi connectivity index (χ4n) is 3.71. The Morgan fingerprint density at radius 2 is 1.32 bits per heavy atom. The number of rotatable bonds is 8. The Labute approximate surface area is 168 Å². The molecule has 0 radical (unpaired) electrons. The zero-order valence-corrected chi connectivity index (χ0v) is 17.2. The van der Waals surface area contributed by atoms with Crippen LogP contribution in [0.5, 0.6) is 0 Å². The van der Waals surface area contributed by atoms with Crippen molar-refractivity contribution in [2.45, 2.75) is 50.8 Å². The number of nitrogens with zero attached hydrogens (tertiary/aromatic N) is 1. The molecule has 2 aromatic carbocycles. The van der Waals surface area contributed by atoms with E-state index in [9.17, 15) is 0 Å². The average Bonchev–Trinajstić information content (AvgIpc) is 2.72. The summed E-state index contributed by atoms with van der Waals surface area (Å²) < 4.78 is 24.4. The minimum absolute atomic E-state index is 0.00104. The quantitative estimate of drug-likeness (QED) is 0.696. The lowest BCUT2D eigenvalue weighted by atomic mass is 9.95. The summed E-state index contributed by atoms with van der Waals surface area (Å²) in [5, 5.41) is 0. The van der Waals surface area contributed by atoms with Gasteiger partial charge in [0, 0.05) is 7.11 Å². The lowest BCUT2D eigenvalue weighted by molar-refractivity contribution is -0.292. The van der Waals surface area contributed by atoms with Crippen molar-refractivity contribution < 1.29 is 18.9 Å². The first-order chi connectivity index (χ1) is 13.6. The molecule has 0 amide bonds. The molecule has 0 aromatic heterocycles. The second-order valence-electron chi connectivity index (χ2n) is 7.42. The van der Waals surface area contributed by atoms with Crippen molar-refractivity contribution in [1.29, 1.82) is 0 Å². The Kier molecular flexibility index (Phi) is 7.59. The van der Waals surface area contributed by atoms with Crippen LogP contribution in [0.15, 0.2) is 60.7 Å². The summed E-state index contributed by atoms with van der Waals surface area (Å²) in [7, 11) is 5.76. The molecule has 0 spiro atoms. The van der Waals surface area contributed by atoms with Crippen molar-refractivity contribution in [3.8, 4) is 0 Å². The first-order valence-electron chi connectivity index (χ1n) is 9.76. The number of hydrogen-bond donors (Lipinski definition) is 0. The Morgan fingerprint density at radius 3 is 1.79 bits per heavy atom. The lowest BCUT2D eigenvalue weighted by Gasteiger charge is -2.47. The van der Waals surface area contributed by atoms with Gasteiger partial charge in [0.1, 0.15) is 12.2 Å². The van der Waals surface area contributed by atoms with Crippen molar-refractivity contribution in [3.63, 3.8) is 0 Å². The Bertz CT molecular complexity index is 694. The van der Waals surface area contributed by atoms with E-state index in [-0.39, 0.29) is 24.4 Å². The molecule has 5 nitrogen and oxygen atoms in total. The maximum absolute atomic E-state index is 6.33. The summed E-state index contributed by atoms with van der Waals surface area (Å²) in [5.41, 5.74) is 2.26. The fraction of sp³-hybridized carbons (Fsp3) is 0.478. The molecule has 1 heterocycles. The summed E-state index contributed by atoms with van der Waals surface area (Å²) in [5.74, 6) is 0. The monoisotopic (exact) mass is 385 g/mol. The first kappa shape index (κ1) is 21.0. The molecule has 5 atom stereocenters. The highest BCUT2D eigenvalue weighted by Crippen LogP contribution is 2.30. The van der Waals surface area contributed by atoms with Gasteiger partial charge in [-0.15, -0.1) is 0 Å². The molecular weight excluding hydrogens is 354 g/mol. The highest BCUT2D eigenvalue weighted by Gasteiger charge is 2.47. The lowest BCUT2D eigenvalue weighted by Crippen LogP contribution is -2.63. The predicted molar refractivity (Wildman–Crippen MR) is 109 cm³/mol. The molecule has 1 saturated heterocycles. The Morgan fingerprint density at radius 1 is 0.821 bits per heavy atom. The first-order valence-corrected chi connectivity index (χ1v) is 9.76. The Hall–Kier alpha value is -1.76. The van der Waals surface area contributed by atoms with Crippen molar-refractivity contribution in [2.24, 2.45) is 0 Å². The second-order valence-corrected chi connectivity index (χ2v) is 7.42. The van der Waals surface area contributed by atoms with Gasteiger partial charge >= 0.3 is 0 Å². The maximum Gasteiger partial charge on any atom is 0.185 e. The van der Waals surface area contributed by atoms with Gasteiger partial charge in [0.15, 0.2) is 6.29 Å². The van der Waals surface area contributed by atoms with E-state index in [4.69, 9.17) is 18.9 Å². The predicted octanol–water partition coefficient (Wildman–Crippen LogP) is 3.48. The smallest absolute Gasteiger partial charge is 0.185 e. The van der Waals surface area contributed by atoms with Crippen LogP contribution < -0.4 is 0 Å². The minimum Gasteiger partial charge on any atom is -0.369 e. The molecular formula is C23H31NO4. The molecule has 1 aliphatic heterocycles. The highest BCUT2D eigenvalue weighted by atomic mass is 16.7. The van der Waals surface area contributed by atoms with Gasteiger partial charge < -0.3 is 23.8 Å². The van der Waals surface area contributed by atoms with E-state index in [0.717, 1.165) is 11.1 Å². The average molecular weight is 386 g/mol. The number of likely N-dealkylation sites (N-methyl/N-ethyl adjacent to an activating group) is 1. The molecule has 1 fully saturated rings. The van der Waals surface area contributed by atoms with Gasteiger partial charge in [0.2, 0.25) is 0 Å². The van der Waals surface area contributed by atoms with Crippen LogP contribution in [0.3, 0.4) is 0 Å². The van der Waals surface area contributed by atoms with Crippen LogP contribution in [0.25, 0.3) is 0 Å². The van der Waals surface area contributed by atoms with E-state index in [2.05, 4.69) is 29.2 Å². The van der Waals surface area contributed by atoms with Gasteiger partial charge in [-0.25, -0.2) is 0 Å². The van der Waals surface area contributed by atoms with Crippen molar-refractivity contribution in [3.05, 3.63) is 71.8 Å². The van der Waals surface area contributed by atoms with Crippen LogP contribution in [0.2, 0.25) is 0 Å². The largest absolute Gasteiger partial charge is 0.369 e. The van der Waals surface area contributed by atoms with Gasteiger partial charge in [-0.05, 0) is 32.1 Å². The van der Waals surface area contributed by atoms with Crippen LogP contribution >= 0.6 is 0 Å². The summed E-state index contributed by atoms with van der Waals surface area (Å²) in [4.78, 5) is 2.15. The zero-order chi connectivity index (χ0) is 19.9. The Balaban J connectivity index is 1.74. The molecule has 3 unspecified atom stereocenters. The van der Waals surface area contributed by atoms with E-state index < -0.39 is 6.29 Å². The highest BCUT2D eigenvalue weighted by molar-refractivity contribution is 5.14. The normalized spacial score (nSPS) is 27.8. The molecule has 28 heavy (non-hydrogen) atoms. The molecule has 0 N–H and O–H groups in total. The van der Waals surface area contributed by atoms with E-state index in [1.165, 1.54) is 0 Å². The molecule has 0 aliphatic carbocycles. The van der Waals surface area contributed by atoms with E-state index in [1.54, 1.807) is 7.11 Å². The summed E-state index contributed by atoms with van der Waals surface area (Å²) >= 11 is 0. The summed E-state index contributed by atoms with van der Waals surface area (Å²) in [6, 6.07) is 20.3. The van der Waals surface area contributed by atoms with Gasteiger partial charge in [-0.2, -0.15) is 0 Å². The van der Waals surface area contributed by atoms with Gasteiger partial charge in [-0.3, -0.25) is 0 Å². The number of methoxy groups -OCH3 is 1. The molecule has 0 saturated carbocycles. The number of ether oxygens (including phenoxy) is 4. The summed E-state index contributed by atoms with van der Waals surface area (Å²) in [6.07, 6.45) is -0.958. The third kappa shape index (κ3) is 5.19. The number of benzene rings is 2. The van der Waals surface area contributed by atoms with Gasteiger partial charge in [0.05, 0.1) is 25.4 Å². The zero-order valence-electron chi connectivity index (χ0n) is 17.2. The summed E-state index contributed by atoms with van der Waals surface area (Å²) in [6.45, 7) is 3.07. The van der Waals surface area contributed by atoms with Crippen molar-refractivity contribution in [1.82, 2.24) is 4.90 Å². The van der Waals surface area contributed by atoms with Crippen LogP contribution in [-0.4, -0.2) is 56.7 Å². The topological polar surface area (TPSA) is 40.2 Å². The standard InChI is InChI=1S/C23H31NO4/c1-17-21(26-15-18-11-7-5-8-12-18)20(24(2)3)22(23(25-4)28-17)27-16-19-13-9-6-10-14-19/h5-14,17,20-23H,15-16H2,1-4H3/t17?,20?,21-,22?,23-/m1/s1. The van der Waals surface area contributed by atoms with Crippen LogP contribution in [0.4, 0.5) is 0 Å². The van der Waals surface area contributed by atoms with E-state index >= 15 is 0 Å². The van der Waals surface area contributed by atoms with Crippen molar-refractivity contribution in [2.75, 3.05) is 21.2 Å². The molecule has 152 valence electrons. The molecule has 0 bridgehead atoms. The van der Waals surface area contributed by atoms with Crippen LogP contribution in [0, 0.1) is 0 Å². The van der Waals surface area contributed by atoms with E-state index in [0.29, 0.717) is 13.2 Å². The van der Waals surface area contributed by atoms with Gasteiger partial charge in [0.25, 0.3) is 0 Å². The van der Waals surface area contributed by atoms with E-state index in [1.807, 2.05) is 57.4 Å². The third-order valence-electron chi connectivity index (χ3n) is 5.15. The van der Waals surface area contributed by atoms with Crippen LogP contribution in [-0.2, 0) is 32.2 Å². The van der Waals surface area contributed by atoms with Gasteiger partial charge in [-0.1, -0.05) is 60.7 Å². The minimum atomic E-state index is -0.442.